The van der Waals surface area contributed by atoms with Gasteiger partial charge in [0.2, 0.25) is 0 Å². The second-order valence-electron chi connectivity index (χ2n) is 3.87. The summed E-state index contributed by atoms with van der Waals surface area (Å²) in [5.41, 5.74) is 6.12. The highest BCUT2D eigenvalue weighted by Gasteiger charge is 2.37. The van der Waals surface area contributed by atoms with Crippen LogP contribution < -0.4 is 15.8 Å². The number of anilines is 1. The van der Waals surface area contributed by atoms with Crippen LogP contribution in [0.1, 0.15) is 0 Å². The molecule has 0 aliphatic carbocycles. The number of hydrazine groups is 1. The van der Waals surface area contributed by atoms with E-state index in [2.05, 4.69) is 10.9 Å². The van der Waals surface area contributed by atoms with Crippen molar-refractivity contribution in [3.8, 4) is 0 Å². The fourth-order valence-electron chi connectivity index (χ4n) is 1.87. The van der Waals surface area contributed by atoms with E-state index in [9.17, 15) is 9.18 Å². The number of halogens is 1. The van der Waals surface area contributed by atoms with Crippen molar-refractivity contribution in [3.05, 3.63) is 42.5 Å². The van der Waals surface area contributed by atoms with E-state index in [0.29, 0.717) is 10.8 Å². The van der Waals surface area contributed by atoms with Crippen LogP contribution in [-0.4, -0.2) is 22.1 Å². The molecule has 1 amide bonds. The summed E-state index contributed by atoms with van der Waals surface area (Å²) < 4.78 is 12.8. The normalized spacial score (nSPS) is 22.2. The highest BCUT2D eigenvalue weighted by atomic mass is 32.1. The molecule has 0 saturated carbocycles. The average molecular weight is 264 g/mol. The second kappa shape index (κ2) is 4.04. The van der Waals surface area contributed by atoms with E-state index in [4.69, 9.17) is 12.2 Å². The van der Waals surface area contributed by atoms with Gasteiger partial charge in [0.25, 0.3) is 5.91 Å². The number of carbonyl (C=O) groups excluding carboxylic acids is 1. The summed E-state index contributed by atoms with van der Waals surface area (Å²) in [5.74, 6) is -0.521. The predicted octanol–water partition coefficient (Wildman–Crippen LogP) is 0.664. The van der Waals surface area contributed by atoms with Crippen LogP contribution in [-0.2, 0) is 4.79 Å². The minimum atomic E-state index is -0.562. The third kappa shape index (κ3) is 1.64. The lowest BCUT2D eigenvalue weighted by molar-refractivity contribution is -0.122. The number of nitrogens with zero attached hydrogens (tertiary/aromatic N) is 2. The van der Waals surface area contributed by atoms with Gasteiger partial charge in [0.15, 0.2) is 11.3 Å². The van der Waals surface area contributed by atoms with Crippen molar-refractivity contribution in [2.45, 2.75) is 6.17 Å². The van der Waals surface area contributed by atoms with Crippen molar-refractivity contribution < 1.29 is 9.18 Å². The van der Waals surface area contributed by atoms with Gasteiger partial charge in [-0.25, -0.2) is 9.82 Å². The molecule has 3 rings (SSSR count). The minimum Gasteiger partial charge on any atom is -0.297 e. The van der Waals surface area contributed by atoms with Crippen LogP contribution in [0.3, 0.4) is 0 Å². The Kier molecular flexibility index (Phi) is 2.49. The molecule has 1 saturated heterocycles. The molecule has 5 nitrogen and oxygen atoms in total. The van der Waals surface area contributed by atoms with Gasteiger partial charge in [0.1, 0.15) is 5.82 Å². The zero-order chi connectivity index (χ0) is 12.7. The Morgan fingerprint density at radius 1 is 1.22 bits per heavy atom. The zero-order valence-corrected chi connectivity index (χ0v) is 9.95. The van der Waals surface area contributed by atoms with Crippen LogP contribution in [0.25, 0.3) is 0 Å². The van der Waals surface area contributed by atoms with E-state index in [-0.39, 0.29) is 11.7 Å². The molecule has 1 aromatic carbocycles. The van der Waals surface area contributed by atoms with Crippen LogP contribution in [0.4, 0.5) is 10.1 Å². The van der Waals surface area contributed by atoms with E-state index in [1.807, 2.05) is 0 Å². The maximum absolute atomic E-state index is 12.8. The van der Waals surface area contributed by atoms with Crippen molar-refractivity contribution in [1.82, 2.24) is 15.8 Å². The Labute approximate surface area is 108 Å². The Bertz CT molecular complexity index is 544. The summed E-state index contributed by atoms with van der Waals surface area (Å²) >= 11 is 5.02. The van der Waals surface area contributed by atoms with E-state index in [1.165, 1.54) is 17.0 Å². The van der Waals surface area contributed by atoms with Gasteiger partial charge in [-0.05, 0) is 36.5 Å². The quantitative estimate of drug-likeness (QED) is 0.730. The topological polar surface area (TPSA) is 47.6 Å². The van der Waals surface area contributed by atoms with E-state index >= 15 is 0 Å². The monoisotopic (exact) mass is 264 g/mol. The highest BCUT2D eigenvalue weighted by Crippen LogP contribution is 2.22. The van der Waals surface area contributed by atoms with E-state index in [0.717, 1.165) is 0 Å². The maximum Gasteiger partial charge on any atom is 0.270 e. The predicted molar refractivity (Wildman–Crippen MR) is 67.5 cm³/mol. The molecule has 18 heavy (non-hydrogen) atoms. The smallest absolute Gasteiger partial charge is 0.270 e. The van der Waals surface area contributed by atoms with Crippen LogP contribution in [0, 0.1) is 5.82 Å². The van der Waals surface area contributed by atoms with Crippen LogP contribution in [0.5, 0.6) is 0 Å². The molecule has 1 aromatic rings. The summed E-state index contributed by atoms with van der Waals surface area (Å²) in [6, 6.07) is 5.73. The Balaban J connectivity index is 1.93. The van der Waals surface area contributed by atoms with Gasteiger partial charge in [0, 0.05) is 18.1 Å². The maximum atomic E-state index is 12.8. The molecule has 2 N–H and O–H groups in total. The minimum absolute atomic E-state index is 0.184. The molecule has 2 aliphatic heterocycles. The first-order chi connectivity index (χ1) is 8.66. The molecule has 2 heterocycles. The van der Waals surface area contributed by atoms with Gasteiger partial charge in [-0.2, -0.15) is 0 Å². The number of fused-ring (bicyclic) bond motifs is 1. The van der Waals surface area contributed by atoms with Crippen molar-refractivity contribution in [1.29, 1.82) is 0 Å². The SMILES string of the molecule is O=C1C2NNC(=S)N2C=CN1c1ccc(F)cc1. The number of benzene rings is 1. The number of hydrogen-bond acceptors (Lipinski definition) is 3. The zero-order valence-electron chi connectivity index (χ0n) is 9.13. The highest BCUT2D eigenvalue weighted by molar-refractivity contribution is 7.80. The number of carbonyl (C=O) groups is 1. The van der Waals surface area contributed by atoms with Crippen molar-refractivity contribution in [3.63, 3.8) is 0 Å². The van der Waals surface area contributed by atoms with Gasteiger partial charge in [-0.3, -0.25) is 20.0 Å². The van der Waals surface area contributed by atoms with Gasteiger partial charge in [-0.15, -0.1) is 0 Å². The molecule has 7 heteroatoms. The molecule has 1 unspecified atom stereocenters. The lowest BCUT2D eigenvalue weighted by Gasteiger charge is -2.30. The Hall–Kier alpha value is -1.99. The van der Waals surface area contributed by atoms with Crippen molar-refractivity contribution in [2.75, 3.05) is 4.90 Å². The molecule has 92 valence electrons. The lowest BCUT2D eigenvalue weighted by atomic mass is 10.2. The van der Waals surface area contributed by atoms with Gasteiger partial charge < -0.3 is 0 Å². The summed E-state index contributed by atoms with van der Waals surface area (Å²) in [5, 5.41) is 0.448. The van der Waals surface area contributed by atoms with Crippen LogP contribution in [0.2, 0.25) is 0 Å². The van der Waals surface area contributed by atoms with Gasteiger partial charge in [-0.1, -0.05) is 0 Å². The second-order valence-corrected chi connectivity index (χ2v) is 4.25. The molecule has 0 spiro atoms. The largest absolute Gasteiger partial charge is 0.297 e. The van der Waals surface area contributed by atoms with Crippen LogP contribution >= 0.6 is 12.2 Å². The third-order valence-corrected chi connectivity index (χ3v) is 3.09. The van der Waals surface area contributed by atoms with Gasteiger partial charge in [0.05, 0.1) is 0 Å². The molecular formula is C11H9FN4OS. The number of hydrogen-bond donors (Lipinski definition) is 2. The van der Waals surface area contributed by atoms with E-state index in [1.54, 1.807) is 29.4 Å². The summed E-state index contributed by atoms with van der Waals surface area (Å²) in [6.07, 6.45) is 2.74. The standard InChI is InChI=1S/C11H9FN4OS/c12-7-1-3-8(4-2-7)15-5-6-16-9(10(15)17)13-14-11(16)18/h1-6,9,13H,(H,14,18). The van der Waals surface area contributed by atoms with Crippen LogP contribution in [0.15, 0.2) is 36.7 Å². The lowest BCUT2D eigenvalue weighted by Crippen LogP contribution is -2.51. The summed E-state index contributed by atoms with van der Waals surface area (Å²) in [7, 11) is 0. The fraction of sp³-hybridized carbons (Fsp3) is 0.0909. The number of rotatable bonds is 1. The molecule has 0 radical (unpaired) electrons. The molecular weight excluding hydrogens is 255 g/mol. The fourth-order valence-corrected chi connectivity index (χ4v) is 2.10. The first kappa shape index (κ1) is 11.1. The molecule has 2 aliphatic rings. The first-order valence-electron chi connectivity index (χ1n) is 5.27. The number of amides is 1. The van der Waals surface area contributed by atoms with Crippen molar-refractivity contribution >= 4 is 28.9 Å². The van der Waals surface area contributed by atoms with Crippen molar-refractivity contribution in [2.24, 2.45) is 0 Å². The summed E-state index contributed by atoms with van der Waals surface area (Å²) in [6.45, 7) is 0. The van der Waals surface area contributed by atoms with E-state index < -0.39 is 6.17 Å². The summed E-state index contributed by atoms with van der Waals surface area (Å²) in [4.78, 5) is 15.3. The molecule has 1 atom stereocenters. The number of nitrogens with one attached hydrogen (secondary N) is 2. The van der Waals surface area contributed by atoms with Gasteiger partial charge >= 0.3 is 0 Å². The Morgan fingerprint density at radius 3 is 2.67 bits per heavy atom. The number of thiocarbonyl (C=S) groups is 1. The Morgan fingerprint density at radius 2 is 1.94 bits per heavy atom. The molecule has 1 fully saturated rings. The first-order valence-corrected chi connectivity index (χ1v) is 5.68. The third-order valence-electron chi connectivity index (χ3n) is 2.78. The average Bonchev–Trinajstić information content (AvgIpc) is 2.74. The molecule has 0 aromatic heterocycles. The molecule has 0 bridgehead atoms.